The zero-order valence-electron chi connectivity index (χ0n) is 11.6. The summed E-state index contributed by atoms with van der Waals surface area (Å²) in [6, 6.07) is 2.18. The molecular formula is C15H12F6O2. The van der Waals surface area contributed by atoms with Crippen LogP contribution < -0.4 is 0 Å². The lowest BCUT2D eigenvalue weighted by molar-refractivity contribution is -0.266. The van der Waals surface area contributed by atoms with E-state index in [1.807, 2.05) is 0 Å². The number of hydrogen-bond acceptors (Lipinski definition) is 2. The summed E-state index contributed by atoms with van der Waals surface area (Å²) in [7, 11) is 0. The maximum atomic E-state index is 13.3. The maximum absolute atomic E-state index is 13.3. The van der Waals surface area contributed by atoms with Gasteiger partial charge in [-0.3, -0.25) is 4.79 Å². The van der Waals surface area contributed by atoms with Crippen LogP contribution in [0.5, 0.6) is 0 Å². The van der Waals surface area contributed by atoms with Gasteiger partial charge in [-0.15, -0.1) is 0 Å². The Hall–Kier alpha value is -1.83. The minimum Gasteiger partial charge on any atom is -0.376 e. The first-order valence-corrected chi connectivity index (χ1v) is 6.62. The van der Waals surface area contributed by atoms with Crippen molar-refractivity contribution < 1.29 is 36.2 Å². The van der Waals surface area contributed by atoms with Crippen LogP contribution >= 0.6 is 0 Å². The summed E-state index contributed by atoms with van der Waals surface area (Å²) in [5.41, 5.74) is -5.03. The van der Waals surface area contributed by atoms with E-state index in [2.05, 4.69) is 0 Å². The van der Waals surface area contributed by atoms with Crippen molar-refractivity contribution in [2.75, 3.05) is 0 Å². The molecule has 0 saturated carbocycles. The third-order valence-corrected chi connectivity index (χ3v) is 3.70. The fourth-order valence-electron chi connectivity index (χ4n) is 2.42. The summed E-state index contributed by atoms with van der Waals surface area (Å²) >= 11 is 0. The van der Waals surface area contributed by atoms with Gasteiger partial charge in [-0.2, -0.15) is 26.3 Å². The first-order chi connectivity index (χ1) is 10.4. The molecule has 2 rings (SSSR count). The molecular weight excluding hydrogens is 326 g/mol. The molecule has 1 N–H and O–H groups in total. The van der Waals surface area contributed by atoms with Gasteiger partial charge >= 0.3 is 12.4 Å². The minimum absolute atomic E-state index is 0.0658. The zero-order valence-corrected chi connectivity index (χ0v) is 11.6. The van der Waals surface area contributed by atoms with Crippen molar-refractivity contribution in [3.05, 3.63) is 47.0 Å². The van der Waals surface area contributed by atoms with Crippen LogP contribution in [0.4, 0.5) is 26.3 Å². The normalized spacial score (nSPS) is 18.7. The predicted molar refractivity (Wildman–Crippen MR) is 68.3 cm³/mol. The third-order valence-electron chi connectivity index (χ3n) is 3.70. The van der Waals surface area contributed by atoms with Gasteiger partial charge in [0.1, 0.15) is 0 Å². The summed E-state index contributed by atoms with van der Waals surface area (Å²) < 4.78 is 77.3. The largest absolute Gasteiger partial charge is 0.421 e. The van der Waals surface area contributed by atoms with Crippen LogP contribution in [0, 0.1) is 0 Å². The fourth-order valence-corrected chi connectivity index (χ4v) is 2.42. The third kappa shape index (κ3) is 3.57. The molecule has 8 heteroatoms. The van der Waals surface area contributed by atoms with Crippen molar-refractivity contribution >= 4 is 5.78 Å². The molecule has 0 spiro atoms. The van der Waals surface area contributed by atoms with Crippen LogP contribution in [0.15, 0.2) is 35.9 Å². The summed E-state index contributed by atoms with van der Waals surface area (Å²) in [6.45, 7) is 0. The maximum Gasteiger partial charge on any atom is 0.421 e. The molecule has 0 unspecified atom stereocenters. The highest BCUT2D eigenvalue weighted by Gasteiger charge is 2.55. The highest BCUT2D eigenvalue weighted by Crippen LogP contribution is 2.45. The molecule has 2 nitrogen and oxygen atoms in total. The van der Waals surface area contributed by atoms with E-state index in [0.717, 1.165) is 6.08 Å². The first kappa shape index (κ1) is 17.5. The second-order valence-corrected chi connectivity index (χ2v) is 5.38. The lowest BCUT2D eigenvalue weighted by atomic mass is 9.85. The zero-order chi connectivity index (χ0) is 17.5. The van der Waals surface area contributed by atoms with Gasteiger partial charge in [-0.05, 0) is 30.2 Å². The summed E-state index contributed by atoms with van der Waals surface area (Å²) in [4.78, 5) is 11.1. The molecule has 0 heterocycles. The number of carbonyl (C=O) groups excluding carboxylic acids is 1. The highest BCUT2D eigenvalue weighted by atomic mass is 19.4. The predicted octanol–water partition coefficient (Wildman–Crippen LogP) is 4.13. The van der Waals surface area contributed by atoms with Crippen LogP contribution in [0.1, 0.15) is 30.4 Å². The smallest absolute Gasteiger partial charge is 0.376 e. The molecule has 0 fully saturated rings. The average Bonchev–Trinajstić information content (AvgIpc) is 2.82. The first-order valence-electron chi connectivity index (χ1n) is 6.62. The monoisotopic (exact) mass is 338 g/mol. The van der Waals surface area contributed by atoms with E-state index in [1.165, 1.54) is 0 Å². The van der Waals surface area contributed by atoms with Gasteiger partial charge in [0, 0.05) is 12.8 Å². The van der Waals surface area contributed by atoms with E-state index in [0.29, 0.717) is 24.3 Å². The van der Waals surface area contributed by atoms with E-state index < -0.39 is 35.5 Å². The minimum atomic E-state index is -5.10. The van der Waals surface area contributed by atoms with E-state index >= 15 is 0 Å². The number of ketones is 1. The van der Waals surface area contributed by atoms with E-state index in [4.69, 9.17) is 0 Å². The van der Waals surface area contributed by atoms with Gasteiger partial charge in [0.05, 0.1) is 5.56 Å². The molecule has 0 radical (unpaired) electrons. The number of hydrogen-bond donors (Lipinski definition) is 1. The summed E-state index contributed by atoms with van der Waals surface area (Å²) in [6.07, 6.45) is -9.46. The van der Waals surface area contributed by atoms with Gasteiger partial charge in [0.15, 0.2) is 11.4 Å². The van der Waals surface area contributed by atoms with Gasteiger partial charge in [0.25, 0.3) is 0 Å². The van der Waals surface area contributed by atoms with Crippen molar-refractivity contribution in [3.63, 3.8) is 0 Å². The second-order valence-electron chi connectivity index (χ2n) is 5.38. The molecule has 23 heavy (non-hydrogen) atoms. The van der Waals surface area contributed by atoms with E-state index in [1.54, 1.807) is 0 Å². The second kappa shape index (κ2) is 5.67. The number of allylic oxidation sites excluding steroid dienone is 1. The average molecular weight is 338 g/mol. The van der Waals surface area contributed by atoms with Crippen LogP contribution in [0.2, 0.25) is 0 Å². The molecule has 1 aromatic carbocycles. The summed E-state index contributed by atoms with van der Waals surface area (Å²) in [5, 5.41) is 10.1. The molecule has 0 aromatic heterocycles. The topological polar surface area (TPSA) is 37.3 Å². The SMILES string of the molecule is O=C1C=C(C[C@](O)(c2ccc(C(F)(F)F)cc2)C(F)(F)F)CC1. The van der Waals surface area contributed by atoms with E-state index in [9.17, 15) is 36.2 Å². The lowest BCUT2D eigenvalue weighted by Crippen LogP contribution is -2.42. The van der Waals surface area contributed by atoms with Crippen LogP contribution in [0.25, 0.3) is 0 Å². The van der Waals surface area contributed by atoms with Gasteiger partial charge < -0.3 is 5.11 Å². The van der Waals surface area contributed by atoms with Crippen molar-refractivity contribution in [1.82, 2.24) is 0 Å². The molecule has 1 aliphatic carbocycles. The standard InChI is InChI=1S/C15H12F6O2/c16-14(17,18)11-4-2-10(3-5-11)13(23,15(19,20)21)8-9-1-6-12(22)7-9/h2-5,7,23H,1,6,8H2/t13-/m0/s1. The molecule has 0 bridgehead atoms. The number of halogens is 6. The van der Waals surface area contributed by atoms with Crippen molar-refractivity contribution in [2.24, 2.45) is 0 Å². The Kier molecular flexibility index (Phi) is 4.32. The Bertz CT molecular complexity index is 627. The summed E-state index contributed by atoms with van der Waals surface area (Å²) in [5.74, 6) is -0.336. The Morgan fingerprint density at radius 1 is 0.913 bits per heavy atom. The van der Waals surface area contributed by atoms with Crippen molar-refractivity contribution in [2.45, 2.75) is 37.2 Å². The van der Waals surface area contributed by atoms with Gasteiger partial charge in [0.2, 0.25) is 0 Å². The highest BCUT2D eigenvalue weighted by molar-refractivity contribution is 5.92. The van der Waals surface area contributed by atoms with Crippen LogP contribution in [-0.2, 0) is 16.6 Å². The molecule has 0 saturated heterocycles. The lowest BCUT2D eigenvalue weighted by Gasteiger charge is -2.31. The number of carbonyl (C=O) groups is 1. The molecule has 0 amide bonds. The number of benzene rings is 1. The van der Waals surface area contributed by atoms with Crippen LogP contribution in [-0.4, -0.2) is 17.1 Å². The Morgan fingerprint density at radius 3 is 1.83 bits per heavy atom. The molecule has 126 valence electrons. The Labute approximate surface area is 127 Å². The number of aliphatic hydroxyl groups is 1. The number of alkyl halides is 6. The Morgan fingerprint density at radius 2 is 1.43 bits per heavy atom. The number of rotatable bonds is 3. The van der Waals surface area contributed by atoms with Gasteiger partial charge in [-0.1, -0.05) is 17.7 Å². The van der Waals surface area contributed by atoms with Crippen molar-refractivity contribution in [1.29, 1.82) is 0 Å². The Balaban J connectivity index is 2.39. The van der Waals surface area contributed by atoms with Crippen molar-refractivity contribution in [3.8, 4) is 0 Å². The molecule has 1 aliphatic rings. The molecule has 0 aliphatic heterocycles. The van der Waals surface area contributed by atoms with Crippen LogP contribution in [0.3, 0.4) is 0 Å². The molecule has 1 atom stereocenters. The quantitative estimate of drug-likeness (QED) is 0.842. The van der Waals surface area contributed by atoms with E-state index in [-0.39, 0.29) is 24.2 Å². The fraction of sp³-hybridized carbons (Fsp3) is 0.400. The van der Waals surface area contributed by atoms with Gasteiger partial charge in [-0.25, -0.2) is 0 Å². The molecule has 1 aromatic rings.